The van der Waals surface area contributed by atoms with Gasteiger partial charge in [-0.2, -0.15) is 0 Å². The Bertz CT molecular complexity index is 386. The number of carbonyl (C=O) groups excluding carboxylic acids is 1. The van der Waals surface area contributed by atoms with Gasteiger partial charge < -0.3 is 5.32 Å². The lowest BCUT2D eigenvalue weighted by molar-refractivity contribution is -0.121. The van der Waals surface area contributed by atoms with Crippen LogP contribution in [0.3, 0.4) is 0 Å². The SMILES string of the molecule is CCCCCCCNC(=O)CCC.CCCc1ccc(CCC)cc1. The maximum absolute atomic E-state index is 11.0. The van der Waals surface area contributed by atoms with Gasteiger partial charge in [-0.3, -0.25) is 4.79 Å². The van der Waals surface area contributed by atoms with Gasteiger partial charge in [0, 0.05) is 13.0 Å². The fourth-order valence-corrected chi connectivity index (χ4v) is 2.72. The van der Waals surface area contributed by atoms with Crippen molar-refractivity contribution in [3.05, 3.63) is 35.4 Å². The molecule has 144 valence electrons. The summed E-state index contributed by atoms with van der Waals surface area (Å²) >= 11 is 0. The van der Waals surface area contributed by atoms with Gasteiger partial charge in [0.2, 0.25) is 5.91 Å². The van der Waals surface area contributed by atoms with E-state index in [0.717, 1.165) is 19.4 Å². The molecule has 1 N–H and O–H groups in total. The van der Waals surface area contributed by atoms with Crippen molar-refractivity contribution in [1.82, 2.24) is 5.32 Å². The molecule has 0 aliphatic rings. The number of benzene rings is 1. The molecule has 1 aromatic rings. The number of unbranched alkanes of at least 4 members (excludes halogenated alkanes) is 4. The van der Waals surface area contributed by atoms with E-state index in [9.17, 15) is 4.79 Å². The third kappa shape index (κ3) is 14.7. The smallest absolute Gasteiger partial charge is 0.219 e. The van der Waals surface area contributed by atoms with Crippen LogP contribution in [0.2, 0.25) is 0 Å². The highest BCUT2D eigenvalue weighted by Gasteiger charge is 1.96. The van der Waals surface area contributed by atoms with Crippen molar-refractivity contribution < 1.29 is 4.79 Å². The van der Waals surface area contributed by atoms with E-state index >= 15 is 0 Å². The second-order valence-electron chi connectivity index (χ2n) is 6.83. The first kappa shape index (κ1) is 23.7. The minimum atomic E-state index is 0.206. The van der Waals surface area contributed by atoms with E-state index in [-0.39, 0.29) is 5.91 Å². The minimum Gasteiger partial charge on any atom is -0.356 e. The number of carbonyl (C=O) groups is 1. The zero-order valence-electron chi connectivity index (χ0n) is 17.2. The first-order chi connectivity index (χ1) is 12.2. The Morgan fingerprint density at radius 1 is 0.720 bits per heavy atom. The largest absolute Gasteiger partial charge is 0.356 e. The topological polar surface area (TPSA) is 29.1 Å². The number of nitrogens with one attached hydrogen (secondary N) is 1. The van der Waals surface area contributed by atoms with Crippen LogP contribution in [-0.2, 0) is 17.6 Å². The molecule has 2 nitrogen and oxygen atoms in total. The summed E-state index contributed by atoms with van der Waals surface area (Å²) in [5.74, 6) is 0.206. The van der Waals surface area contributed by atoms with Crippen LogP contribution in [0, 0.1) is 0 Å². The van der Waals surface area contributed by atoms with E-state index in [1.54, 1.807) is 0 Å². The Balaban J connectivity index is 0.000000462. The predicted molar refractivity (Wildman–Crippen MR) is 111 cm³/mol. The number of hydrogen-bond donors (Lipinski definition) is 1. The van der Waals surface area contributed by atoms with E-state index in [2.05, 4.69) is 50.4 Å². The van der Waals surface area contributed by atoms with E-state index < -0.39 is 0 Å². The summed E-state index contributed by atoms with van der Waals surface area (Å²) in [4.78, 5) is 11.0. The molecule has 25 heavy (non-hydrogen) atoms. The average Bonchev–Trinajstić information content (AvgIpc) is 2.61. The second-order valence-corrected chi connectivity index (χ2v) is 6.83. The molecular weight excluding hydrogens is 306 g/mol. The Kier molecular flexibility index (Phi) is 16.6. The van der Waals surface area contributed by atoms with Crippen molar-refractivity contribution in [2.45, 2.75) is 98.3 Å². The summed E-state index contributed by atoms with van der Waals surface area (Å²) in [5, 5.41) is 2.92. The Labute approximate surface area is 156 Å². The van der Waals surface area contributed by atoms with Crippen molar-refractivity contribution in [3.63, 3.8) is 0 Å². The average molecular weight is 348 g/mol. The van der Waals surface area contributed by atoms with Gasteiger partial charge in [0.1, 0.15) is 0 Å². The van der Waals surface area contributed by atoms with Crippen molar-refractivity contribution in [1.29, 1.82) is 0 Å². The number of amides is 1. The number of aryl methyl sites for hydroxylation is 2. The summed E-state index contributed by atoms with van der Waals surface area (Å²) in [7, 11) is 0. The molecule has 0 bridgehead atoms. The fourth-order valence-electron chi connectivity index (χ4n) is 2.72. The molecule has 0 aromatic heterocycles. The molecule has 0 saturated carbocycles. The van der Waals surface area contributed by atoms with Crippen LogP contribution < -0.4 is 5.32 Å². The quantitative estimate of drug-likeness (QED) is 0.432. The zero-order valence-corrected chi connectivity index (χ0v) is 17.2. The molecule has 0 heterocycles. The molecule has 0 radical (unpaired) electrons. The van der Waals surface area contributed by atoms with E-state index in [1.807, 2.05) is 6.92 Å². The lowest BCUT2D eigenvalue weighted by Crippen LogP contribution is -2.23. The molecule has 0 spiro atoms. The van der Waals surface area contributed by atoms with Crippen LogP contribution in [-0.4, -0.2) is 12.5 Å². The van der Waals surface area contributed by atoms with Gasteiger partial charge in [0.15, 0.2) is 0 Å². The molecule has 0 aliphatic heterocycles. The van der Waals surface area contributed by atoms with Crippen LogP contribution in [0.25, 0.3) is 0 Å². The third-order valence-electron chi connectivity index (χ3n) is 4.18. The highest BCUT2D eigenvalue weighted by atomic mass is 16.1. The Morgan fingerprint density at radius 2 is 1.24 bits per heavy atom. The third-order valence-corrected chi connectivity index (χ3v) is 4.18. The molecule has 1 amide bonds. The highest BCUT2D eigenvalue weighted by molar-refractivity contribution is 5.75. The second kappa shape index (κ2) is 17.5. The number of rotatable bonds is 12. The maximum atomic E-state index is 11.0. The van der Waals surface area contributed by atoms with Gasteiger partial charge >= 0.3 is 0 Å². The molecule has 0 fully saturated rings. The molecule has 0 saturated heterocycles. The van der Waals surface area contributed by atoms with E-state index in [4.69, 9.17) is 0 Å². The van der Waals surface area contributed by atoms with Gasteiger partial charge in [-0.1, -0.05) is 90.5 Å². The summed E-state index contributed by atoms with van der Waals surface area (Å²) in [6, 6.07) is 9.03. The van der Waals surface area contributed by atoms with Gasteiger partial charge in [-0.05, 0) is 36.8 Å². The van der Waals surface area contributed by atoms with Crippen molar-refractivity contribution in [2.24, 2.45) is 0 Å². The van der Waals surface area contributed by atoms with Crippen molar-refractivity contribution in [3.8, 4) is 0 Å². The molecule has 1 rings (SSSR count). The predicted octanol–water partition coefficient (Wildman–Crippen LogP) is 6.46. The summed E-state index contributed by atoms with van der Waals surface area (Å²) in [6.07, 6.45) is 12.8. The van der Waals surface area contributed by atoms with Gasteiger partial charge in [-0.25, -0.2) is 0 Å². The Hall–Kier alpha value is -1.31. The van der Waals surface area contributed by atoms with E-state index in [0.29, 0.717) is 6.42 Å². The highest BCUT2D eigenvalue weighted by Crippen LogP contribution is 2.08. The first-order valence-electron chi connectivity index (χ1n) is 10.5. The standard InChI is InChI=1S/C12H18.C11H23NO/c1-3-5-11-7-9-12(6-4-2)10-8-11;1-3-5-6-7-8-10-12-11(13)9-4-2/h7-10H,3-6H2,1-2H3;3-10H2,1-2H3,(H,12,13). The van der Waals surface area contributed by atoms with E-state index in [1.165, 1.54) is 62.5 Å². The first-order valence-corrected chi connectivity index (χ1v) is 10.5. The zero-order chi connectivity index (χ0) is 18.8. The summed E-state index contributed by atoms with van der Waals surface area (Å²) in [6.45, 7) is 9.55. The van der Waals surface area contributed by atoms with Gasteiger partial charge in [0.25, 0.3) is 0 Å². The monoisotopic (exact) mass is 347 g/mol. The minimum absolute atomic E-state index is 0.206. The lowest BCUT2D eigenvalue weighted by atomic mass is 10.1. The molecule has 0 aliphatic carbocycles. The normalized spacial score (nSPS) is 10.1. The fraction of sp³-hybridized carbons (Fsp3) is 0.696. The molecular formula is C23H41NO. The number of hydrogen-bond acceptors (Lipinski definition) is 1. The van der Waals surface area contributed by atoms with Crippen molar-refractivity contribution >= 4 is 5.91 Å². The van der Waals surface area contributed by atoms with Gasteiger partial charge in [-0.15, -0.1) is 0 Å². The van der Waals surface area contributed by atoms with Gasteiger partial charge in [0.05, 0.1) is 0 Å². The molecule has 2 heteroatoms. The maximum Gasteiger partial charge on any atom is 0.219 e. The van der Waals surface area contributed by atoms with Crippen LogP contribution in [0.5, 0.6) is 0 Å². The van der Waals surface area contributed by atoms with Crippen LogP contribution in [0.15, 0.2) is 24.3 Å². The van der Waals surface area contributed by atoms with Crippen molar-refractivity contribution in [2.75, 3.05) is 6.54 Å². The van der Waals surface area contributed by atoms with Crippen LogP contribution in [0.4, 0.5) is 0 Å². The summed E-state index contributed by atoms with van der Waals surface area (Å²) < 4.78 is 0. The Morgan fingerprint density at radius 3 is 1.68 bits per heavy atom. The summed E-state index contributed by atoms with van der Waals surface area (Å²) in [5.41, 5.74) is 2.94. The molecule has 0 unspecified atom stereocenters. The molecule has 1 aromatic carbocycles. The van der Waals surface area contributed by atoms with Crippen LogP contribution >= 0.6 is 0 Å². The lowest BCUT2D eigenvalue weighted by Gasteiger charge is -2.03. The van der Waals surface area contributed by atoms with Crippen LogP contribution in [0.1, 0.15) is 96.6 Å². The molecule has 0 atom stereocenters.